The molecule has 192 valence electrons. The molecule has 1 aromatic heterocycles. The topological polar surface area (TPSA) is 42.1 Å². The molecule has 0 aliphatic carbocycles. The van der Waals surface area contributed by atoms with Crippen molar-refractivity contribution in [3.63, 3.8) is 0 Å². The van der Waals surface area contributed by atoms with E-state index in [4.69, 9.17) is 10.7 Å². The van der Waals surface area contributed by atoms with Crippen LogP contribution in [0.15, 0.2) is 133 Å². The number of nitrogen functional groups attached to an aromatic ring is 1. The third-order valence-electron chi connectivity index (χ3n) is 6.64. The summed E-state index contributed by atoms with van der Waals surface area (Å²) in [5.41, 5.74) is 16.7. The summed E-state index contributed by atoms with van der Waals surface area (Å²) in [5.74, 6) is 0. The van der Waals surface area contributed by atoms with Gasteiger partial charge in [0.05, 0.1) is 5.69 Å². The van der Waals surface area contributed by atoms with Crippen molar-refractivity contribution in [2.45, 2.75) is 6.42 Å². The number of nitrogens with zero attached hydrogens (tertiary/aromatic N) is 2. The first kappa shape index (κ1) is 25.7. The van der Waals surface area contributed by atoms with Gasteiger partial charge < -0.3 is 10.6 Å². The maximum absolute atomic E-state index is 6.13. The summed E-state index contributed by atoms with van der Waals surface area (Å²) in [6.45, 7) is 0. The summed E-state index contributed by atoms with van der Waals surface area (Å²) in [5, 5.41) is 0. The van der Waals surface area contributed by atoms with Gasteiger partial charge in [0.25, 0.3) is 0 Å². The van der Waals surface area contributed by atoms with Crippen molar-refractivity contribution in [1.82, 2.24) is 4.98 Å². The van der Waals surface area contributed by atoms with Crippen LogP contribution in [0.4, 0.5) is 11.4 Å². The van der Waals surface area contributed by atoms with Crippen LogP contribution in [0.1, 0.15) is 16.8 Å². The van der Waals surface area contributed by atoms with E-state index in [0.717, 1.165) is 39.3 Å². The average molecular weight is 508 g/mol. The SMILES string of the molecule is CN(C)c1cccc(/C=C(/C=C\Cc2ccc(-c3ccccc3)c(-c3cccc(N)c3)n2)c2ccccc2)c1. The lowest BCUT2D eigenvalue weighted by Crippen LogP contribution is -2.08. The Morgan fingerprint density at radius 1 is 0.744 bits per heavy atom. The highest BCUT2D eigenvalue weighted by atomic mass is 15.1. The highest BCUT2D eigenvalue weighted by Gasteiger charge is 2.11. The van der Waals surface area contributed by atoms with E-state index >= 15 is 0 Å². The Kier molecular flexibility index (Phi) is 7.99. The molecule has 39 heavy (non-hydrogen) atoms. The summed E-state index contributed by atoms with van der Waals surface area (Å²) in [6.07, 6.45) is 7.35. The maximum atomic E-state index is 6.13. The fraction of sp³-hybridized carbons (Fsp3) is 0.0833. The average Bonchev–Trinajstić information content (AvgIpc) is 2.97. The molecule has 0 unspecified atom stereocenters. The first-order chi connectivity index (χ1) is 19.1. The molecule has 1 heterocycles. The number of pyridine rings is 1. The van der Waals surface area contributed by atoms with Crippen molar-refractivity contribution < 1.29 is 0 Å². The predicted octanol–water partition coefficient (Wildman–Crippen LogP) is 8.40. The zero-order chi connectivity index (χ0) is 27.0. The second-order valence-corrected chi connectivity index (χ2v) is 9.75. The number of hydrogen-bond acceptors (Lipinski definition) is 3. The lowest BCUT2D eigenvalue weighted by Gasteiger charge is -2.13. The lowest BCUT2D eigenvalue weighted by atomic mass is 9.98. The summed E-state index contributed by atoms with van der Waals surface area (Å²) in [6, 6.07) is 41.7. The van der Waals surface area contributed by atoms with Gasteiger partial charge in [-0.3, -0.25) is 4.98 Å². The largest absolute Gasteiger partial charge is 0.399 e. The third kappa shape index (κ3) is 6.52. The Morgan fingerprint density at radius 2 is 1.46 bits per heavy atom. The predicted molar refractivity (Wildman–Crippen MR) is 167 cm³/mol. The molecule has 5 aromatic rings. The second kappa shape index (κ2) is 12.1. The van der Waals surface area contributed by atoms with Gasteiger partial charge in [0.15, 0.2) is 0 Å². The van der Waals surface area contributed by atoms with Gasteiger partial charge >= 0.3 is 0 Å². The molecule has 0 bridgehead atoms. The minimum Gasteiger partial charge on any atom is -0.399 e. The van der Waals surface area contributed by atoms with Crippen molar-refractivity contribution in [3.8, 4) is 22.4 Å². The standard InChI is InChI=1S/C36H33N3/c1-39(2)34-21-9-12-27(25-34)24-30(28-13-5-3-6-14-28)17-11-20-33-22-23-35(29-15-7-4-8-16-29)36(38-33)31-18-10-19-32(37)26-31/h3-19,21-26H,20,37H2,1-2H3/b17-11-,30-24-. The third-order valence-corrected chi connectivity index (χ3v) is 6.64. The molecule has 0 spiro atoms. The van der Waals surface area contributed by atoms with Gasteiger partial charge in [-0.2, -0.15) is 0 Å². The second-order valence-electron chi connectivity index (χ2n) is 9.75. The summed E-state index contributed by atoms with van der Waals surface area (Å²) in [7, 11) is 4.13. The monoisotopic (exact) mass is 507 g/mol. The molecule has 4 aromatic carbocycles. The van der Waals surface area contributed by atoms with Crippen molar-refractivity contribution in [3.05, 3.63) is 150 Å². The molecule has 3 heteroatoms. The Labute approximate surface area is 231 Å². The highest BCUT2D eigenvalue weighted by Crippen LogP contribution is 2.32. The summed E-state index contributed by atoms with van der Waals surface area (Å²) >= 11 is 0. The summed E-state index contributed by atoms with van der Waals surface area (Å²) < 4.78 is 0. The van der Waals surface area contributed by atoms with Crippen LogP contribution in [0, 0.1) is 0 Å². The molecule has 0 saturated carbocycles. The zero-order valence-corrected chi connectivity index (χ0v) is 22.5. The van der Waals surface area contributed by atoms with E-state index in [-0.39, 0.29) is 0 Å². The first-order valence-corrected chi connectivity index (χ1v) is 13.2. The Morgan fingerprint density at radius 3 is 2.21 bits per heavy atom. The molecule has 0 fully saturated rings. The van der Waals surface area contributed by atoms with E-state index < -0.39 is 0 Å². The number of hydrogen-bond donors (Lipinski definition) is 1. The van der Waals surface area contributed by atoms with Gasteiger partial charge in [-0.1, -0.05) is 103 Å². The first-order valence-electron chi connectivity index (χ1n) is 13.2. The summed E-state index contributed by atoms with van der Waals surface area (Å²) in [4.78, 5) is 7.24. The number of rotatable bonds is 8. The van der Waals surface area contributed by atoms with E-state index in [1.165, 1.54) is 16.8 Å². The normalized spacial score (nSPS) is 11.6. The van der Waals surface area contributed by atoms with E-state index in [1.54, 1.807) is 0 Å². The molecular weight excluding hydrogens is 474 g/mol. The van der Waals surface area contributed by atoms with Crippen LogP contribution < -0.4 is 10.6 Å². The molecule has 2 N–H and O–H groups in total. The van der Waals surface area contributed by atoms with Crippen LogP contribution in [0.3, 0.4) is 0 Å². The van der Waals surface area contributed by atoms with E-state index in [1.807, 2.05) is 30.3 Å². The number of anilines is 2. The van der Waals surface area contributed by atoms with Crippen LogP contribution in [-0.2, 0) is 6.42 Å². The van der Waals surface area contributed by atoms with Gasteiger partial charge in [-0.25, -0.2) is 0 Å². The number of benzene rings is 4. The Balaban J connectivity index is 1.48. The molecule has 0 atom stereocenters. The van der Waals surface area contributed by atoms with Gasteiger partial charge in [0, 0.05) is 48.7 Å². The van der Waals surface area contributed by atoms with E-state index in [2.05, 4.69) is 128 Å². The van der Waals surface area contributed by atoms with Gasteiger partial charge in [-0.05, 0) is 58.7 Å². The van der Waals surface area contributed by atoms with Crippen LogP contribution in [0.25, 0.3) is 34.0 Å². The molecule has 0 aliphatic rings. The minimum absolute atomic E-state index is 0.715. The zero-order valence-electron chi connectivity index (χ0n) is 22.5. The van der Waals surface area contributed by atoms with Gasteiger partial charge in [0.2, 0.25) is 0 Å². The number of allylic oxidation sites excluding steroid dienone is 3. The smallest absolute Gasteiger partial charge is 0.0784 e. The molecule has 0 radical (unpaired) electrons. The fourth-order valence-corrected chi connectivity index (χ4v) is 4.61. The fourth-order valence-electron chi connectivity index (χ4n) is 4.61. The van der Waals surface area contributed by atoms with Gasteiger partial charge in [-0.15, -0.1) is 0 Å². The van der Waals surface area contributed by atoms with Crippen molar-refractivity contribution >= 4 is 23.0 Å². The molecule has 0 aliphatic heterocycles. The van der Waals surface area contributed by atoms with Crippen molar-refractivity contribution in [1.29, 1.82) is 0 Å². The quantitative estimate of drug-likeness (QED) is 0.130. The van der Waals surface area contributed by atoms with Crippen molar-refractivity contribution in [2.75, 3.05) is 24.7 Å². The van der Waals surface area contributed by atoms with Gasteiger partial charge in [0.1, 0.15) is 0 Å². The molecular formula is C36H33N3. The van der Waals surface area contributed by atoms with Crippen LogP contribution in [0.2, 0.25) is 0 Å². The van der Waals surface area contributed by atoms with Crippen LogP contribution >= 0.6 is 0 Å². The molecule has 5 rings (SSSR count). The number of nitrogens with two attached hydrogens (primary N) is 1. The van der Waals surface area contributed by atoms with Crippen LogP contribution in [0.5, 0.6) is 0 Å². The highest BCUT2D eigenvalue weighted by molar-refractivity contribution is 5.88. The Hall–Kier alpha value is -4.89. The minimum atomic E-state index is 0.715. The number of aromatic nitrogens is 1. The molecule has 0 amide bonds. The lowest BCUT2D eigenvalue weighted by molar-refractivity contribution is 1.12. The van der Waals surface area contributed by atoms with E-state index in [9.17, 15) is 0 Å². The molecule has 0 saturated heterocycles. The molecule has 3 nitrogen and oxygen atoms in total. The Bertz CT molecular complexity index is 1600. The maximum Gasteiger partial charge on any atom is 0.0784 e. The van der Waals surface area contributed by atoms with Crippen LogP contribution in [-0.4, -0.2) is 19.1 Å². The van der Waals surface area contributed by atoms with E-state index in [0.29, 0.717) is 6.42 Å². The van der Waals surface area contributed by atoms with Crippen molar-refractivity contribution in [2.24, 2.45) is 0 Å².